The van der Waals surface area contributed by atoms with Crippen molar-refractivity contribution in [3.8, 4) is 17.6 Å². The second-order valence-corrected chi connectivity index (χ2v) is 8.01. The SMILES string of the molecule is CCOc1cc(/C=C(\C#N)c2ccc(Cl)cc2)c(Br)cc1OCc1ccccc1Cl. The molecule has 0 amide bonds. The molecule has 0 aliphatic heterocycles. The Hall–Kier alpha value is -2.45. The first-order chi connectivity index (χ1) is 14.5. The third kappa shape index (κ3) is 5.58. The Morgan fingerprint density at radius 1 is 1.03 bits per heavy atom. The van der Waals surface area contributed by atoms with Crippen LogP contribution >= 0.6 is 39.1 Å². The molecule has 0 bridgehead atoms. The lowest BCUT2D eigenvalue weighted by atomic mass is 10.0. The van der Waals surface area contributed by atoms with Gasteiger partial charge in [-0.3, -0.25) is 0 Å². The second-order valence-electron chi connectivity index (χ2n) is 6.31. The first-order valence-electron chi connectivity index (χ1n) is 9.22. The van der Waals surface area contributed by atoms with E-state index >= 15 is 0 Å². The molecule has 3 nitrogen and oxygen atoms in total. The largest absolute Gasteiger partial charge is 0.490 e. The molecule has 0 unspecified atom stereocenters. The standard InChI is InChI=1S/C24H18BrCl2NO2/c1-2-29-23-12-18(11-19(14-28)16-7-9-20(26)10-8-16)21(25)13-24(23)30-15-17-5-3-4-6-22(17)27/h3-13H,2,15H2,1H3/b19-11+. The monoisotopic (exact) mass is 501 g/mol. The summed E-state index contributed by atoms with van der Waals surface area (Å²) in [6.07, 6.45) is 1.80. The number of allylic oxidation sites excluding steroid dienone is 1. The summed E-state index contributed by atoms with van der Waals surface area (Å²) < 4.78 is 12.5. The molecule has 6 heteroatoms. The Morgan fingerprint density at radius 3 is 2.40 bits per heavy atom. The third-order valence-corrected chi connectivity index (χ3v) is 5.59. The second kappa shape index (κ2) is 10.5. The third-order valence-electron chi connectivity index (χ3n) is 4.28. The van der Waals surface area contributed by atoms with E-state index in [0.29, 0.717) is 40.3 Å². The van der Waals surface area contributed by atoms with Gasteiger partial charge in [-0.15, -0.1) is 0 Å². The maximum absolute atomic E-state index is 9.63. The van der Waals surface area contributed by atoms with Gasteiger partial charge in [-0.05, 0) is 54.5 Å². The van der Waals surface area contributed by atoms with Crippen LogP contribution in [0.2, 0.25) is 10.0 Å². The zero-order chi connectivity index (χ0) is 21.5. The Labute approximate surface area is 194 Å². The van der Waals surface area contributed by atoms with Crippen LogP contribution in [0.25, 0.3) is 11.6 Å². The van der Waals surface area contributed by atoms with Gasteiger partial charge in [0.2, 0.25) is 0 Å². The molecular weight excluding hydrogens is 485 g/mol. The van der Waals surface area contributed by atoms with Gasteiger partial charge in [0.05, 0.1) is 18.2 Å². The van der Waals surface area contributed by atoms with E-state index in [0.717, 1.165) is 21.2 Å². The van der Waals surface area contributed by atoms with Gasteiger partial charge in [0, 0.05) is 20.1 Å². The first kappa shape index (κ1) is 22.2. The van der Waals surface area contributed by atoms with E-state index in [9.17, 15) is 5.26 Å². The van der Waals surface area contributed by atoms with Crippen LogP contribution in [0.1, 0.15) is 23.6 Å². The van der Waals surface area contributed by atoms with E-state index < -0.39 is 0 Å². The molecule has 0 spiro atoms. The zero-order valence-electron chi connectivity index (χ0n) is 16.2. The molecule has 3 rings (SSSR count). The van der Waals surface area contributed by atoms with Gasteiger partial charge < -0.3 is 9.47 Å². The van der Waals surface area contributed by atoms with Crippen LogP contribution in [0.5, 0.6) is 11.5 Å². The molecule has 0 aromatic heterocycles. The number of nitriles is 1. The normalized spacial score (nSPS) is 11.1. The molecule has 0 radical (unpaired) electrons. The first-order valence-corrected chi connectivity index (χ1v) is 10.8. The fourth-order valence-electron chi connectivity index (χ4n) is 2.78. The van der Waals surface area contributed by atoms with Gasteiger partial charge >= 0.3 is 0 Å². The minimum atomic E-state index is 0.315. The minimum absolute atomic E-state index is 0.315. The van der Waals surface area contributed by atoms with Crippen molar-refractivity contribution in [2.45, 2.75) is 13.5 Å². The Bertz CT molecular complexity index is 1110. The predicted octanol–water partition coefficient (Wildman–Crippen LogP) is 7.80. The van der Waals surface area contributed by atoms with Crippen LogP contribution < -0.4 is 9.47 Å². The van der Waals surface area contributed by atoms with Crippen LogP contribution in [0.3, 0.4) is 0 Å². The van der Waals surface area contributed by atoms with Crippen molar-refractivity contribution in [1.82, 2.24) is 0 Å². The topological polar surface area (TPSA) is 42.2 Å². The maximum atomic E-state index is 9.63. The van der Waals surface area contributed by atoms with Crippen LogP contribution in [0.4, 0.5) is 0 Å². The van der Waals surface area contributed by atoms with Gasteiger partial charge in [0.1, 0.15) is 6.61 Å². The number of ether oxygens (including phenoxy) is 2. The molecule has 152 valence electrons. The highest BCUT2D eigenvalue weighted by molar-refractivity contribution is 9.10. The maximum Gasteiger partial charge on any atom is 0.162 e. The van der Waals surface area contributed by atoms with Crippen LogP contribution in [-0.4, -0.2) is 6.61 Å². The number of hydrogen-bond acceptors (Lipinski definition) is 3. The van der Waals surface area contributed by atoms with Crippen LogP contribution in [0.15, 0.2) is 65.1 Å². The lowest BCUT2D eigenvalue weighted by Gasteiger charge is -2.15. The van der Waals surface area contributed by atoms with Gasteiger partial charge in [0.25, 0.3) is 0 Å². The predicted molar refractivity (Wildman–Crippen MR) is 126 cm³/mol. The van der Waals surface area contributed by atoms with E-state index in [1.807, 2.05) is 55.5 Å². The highest BCUT2D eigenvalue weighted by Gasteiger charge is 2.12. The minimum Gasteiger partial charge on any atom is -0.490 e. The molecule has 0 saturated carbocycles. The van der Waals surface area contributed by atoms with E-state index in [1.165, 1.54) is 0 Å². The van der Waals surface area contributed by atoms with Crippen molar-refractivity contribution in [3.63, 3.8) is 0 Å². The molecule has 0 fully saturated rings. The average molecular weight is 503 g/mol. The Kier molecular flexibility index (Phi) is 7.81. The van der Waals surface area contributed by atoms with E-state index in [2.05, 4.69) is 22.0 Å². The van der Waals surface area contributed by atoms with Crippen molar-refractivity contribution in [2.75, 3.05) is 6.61 Å². The molecule has 0 heterocycles. The van der Waals surface area contributed by atoms with E-state index in [1.54, 1.807) is 18.2 Å². The van der Waals surface area contributed by atoms with Gasteiger partial charge in [-0.1, -0.05) is 69.5 Å². The summed E-state index contributed by atoms with van der Waals surface area (Å²) in [5, 5.41) is 10.9. The molecule has 3 aromatic rings. The number of rotatable bonds is 7. The summed E-state index contributed by atoms with van der Waals surface area (Å²) in [4.78, 5) is 0. The quantitative estimate of drug-likeness (QED) is 0.244. The average Bonchev–Trinajstić information content (AvgIpc) is 2.74. The van der Waals surface area contributed by atoms with Crippen molar-refractivity contribution >= 4 is 50.8 Å². The molecule has 0 atom stereocenters. The summed E-state index contributed by atoms with van der Waals surface area (Å²) in [6.45, 7) is 2.70. The number of halogens is 3. The van der Waals surface area contributed by atoms with Gasteiger partial charge in [-0.25, -0.2) is 0 Å². The summed E-state index contributed by atoms with van der Waals surface area (Å²) in [5.41, 5.74) is 2.98. The van der Waals surface area contributed by atoms with E-state index in [-0.39, 0.29) is 0 Å². The van der Waals surface area contributed by atoms with Crippen LogP contribution in [0, 0.1) is 11.3 Å². The summed E-state index contributed by atoms with van der Waals surface area (Å²) in [6, 6.07) is 20.6. The van der Waals surface area contributed by atoms with Crippen molar-refractivity contribution in [3.05, 3.63) is 91.9 Å². The number of hydrogen-bond donors (Lipinski definition) is 0. The fourth-order valence-corrected chi connectivity index (χ4v) is 3.53. The fraction of sp³-hybridized carbons (Fsp3) is 0.125. The molecule has 0 aliphatic carbocycles. The highest BCUT2D eigenvalue weighted by atomic mass is 79.9. The zero-order valence-corrected chi connectivity index (χ0v) is 19.3. The molecular formula is C24H18BrCl2NO2. The van der Waals surface area contributed by atoms with Crippen molar-refractivity contribution in [2.24, 2.45) is 0 Å². The highest BCUT2D eigenvalue weighted by Crippen LogP contribution is 2.36. The molecule has 0 N–H and O–H groups in total. The van der Waals surface area contributed by atoms with Crippen molar-refractivity contribution in [1.29, 1.82) is 5.26 Å². The number of benzene rings is 3. The lowest BCUT2D eigenvalue weighted by Crippen LogP contribution is -2.01. The van der Waals surface area contributed by atoms with E-state index in [4.69, 9.17) is 32.7 Å². The Morgan fingerprint density at radius 2 is 1.73 bits per heavy atom. The van der Waals surface area contributed by atoms with Crippen LogP contribution in [-0.2, 0) is 6.61 Å². The molecule has 30 heavy (non-hydrogen) atoms. The smallest absolute Gasteiger partial charge is 0.162 e. The molecule has 0 saturated heterocycles. The number of nitrogens with zero attached hydrogens (tertiary/aromatic N) is 1. The summed E-state index contributed by atoms with van der Waals surface area (Å²) in [5.74, 6) is 1.18. The molecule has 0 aliphatic rings. The summed E-state index contributed by atoms with van der Waals surface area (Å²) in [7, 11) is 0. The lowest BCUT2D eigenvalue weighted by molar-refractivity contribution is 0.269. The summed E-state index contributed by atoms with van der Waals surface area (Å²) >= 11 is 15.8. The van der Waals surface area contributed by atoms with Gasteiger partial charge in [-0.2, -0.15) is 5.26 Å². The Balaban J connectivity index is 1.93. The van der Waals surface area contributed by atoms with Gasteiger partial charge in [0.15, 0.2) is 11.5 Å². The van der Waals surface area contributed by atoms with Crippen molar-refractivity contribution < 1.29 is 9.47 Å². The molecule has 3 aromatic carbocycles.